The highest BCUT2D eigenvalue weighted by molar-refractivity contribution is 6.31. The number of carbonyl (C=O) groups excluding carboxylic acids is 1. The van der Waals surface area contributed by atoms with Crippen LogP contribution in [-0.2, 0) is 4.79 Å². The van der Waals surface area contributed by atoms with Gasteiger partial charge in [-0.2, -0.15) is 0 Å². The zero-order valence-corrected chi connectivity index (χ0v) is 14.3. The molecule has 2 nitrogen and oxygen atoms in total. The van der Waals surface area contributed by atoms with Crippen LogP contribution >= 0.6 is 11.6 Å². The van der Waals surface area contributed by atoms with E-state index in [4.69, 9.17) is 11.6 Å². The Labute approximate surface area is 132 Å². The van der Waals surface area contributed by atoms with Crippen LogP contribution in [0.15, 0.2) is 18.2 Å². The molecule has 1 rings (SSSR count). The van der Waals surface area contributed by atoms with Gasteiger partial charge in [0, 0.05) is 18.2 Å². The van der Waals surface area contributed by atoms with E-state index in [1.807, 2.05) is 27.7 Å². The minimum absolute atomic E-state index is 0.0461. The summed E-state index contributed by atoms with van der Waals surface area (Å²) < 4.78 is 13.3. The van der Waals surface area contributed by atoms with Crippen molar-refractivity contribution in [2.24, 2.45) is 5.41 Å². The topological polar surface area (TPSA) is 20.3 Å². The Kier molecular flexibility index (Phi) is 6.21. The van der Waals surface area contributed by atoms with E-state index in [0.29, 0.717) is 12.1 Å². The third-order valence-electron chi connectivity index (χ3n) is 3.28. The van der Waals surface area contributed by atoms with Gasteiger partial charge in [-0.05, 0) is 37.0 Å². The lowest BCUT2D eigenvalue weighted by Gasteiger charge is -2.32. The lowest BCUT2D eigenvalue weighted by Crippen LogP contribution is -2.40. The quantitative estimate of drug-likeness (QED) is 0.709. The Balaban J connectivity index is 3.12. The van der Waals surface area contributed by atoms with Crippen LogP contribution in [0.4, 0.5) is 10.1 Å². The lowest BCUT2D eigenvalue weighted by molar-refractivity contribution is -0.120. The highest BCUT2D eigenvalue weighted by Crippen LogP contribution is 2.28. The van der Waals surface area contributed by atoms with E-state index in [9.17, 15) is 9.18 Å². The van der Waals surface area contributed by atoms with Crippen LogP contribution in [0.25, 0.3) is 0 Å². The first kappa shape index (κ1) is 18.0. The van der Waals surface area contributed by atoms with E-state index >= 15 is 0 Å². The van der Waals surface area contributed by atoms with Crippen molar-refractivity contribution in [3.63, 3.8) is 0 Å². The summed E-state index contributed by atoms with van der Waals surface area (Å²) in [4.78, 5) is 14.4. The standard InChI is InChI=1S/C17H25ClFNO/c1-6-7-12(2)20(16(21)11-17(3,4)5)13-8-9-15(19)14(18)10-13/h8-10,12H,6-7,11H2,1-5H3. The Morgan fingerprint density at radius 1 is 1.38 bits per heavy atom. The maximum absolute atomic E-state index is 13.3. The lowest BCUT2D eigenvalue weighted by atomic mass is 9.91. The van der Waals surface area contributed by atoms with Crippen LogP contribution in [-0.4, -0.2) is 11.9 Å². The zero-order chi connectivity index (χ0) is 16.2. The summed E-state index contributed by atoms with van der Waals surface area (Å²) in [5.41, 5.74) is 0.571. The van der Waals surface area contributed by atoms with Crippen molar-refractivity contribution in [2.75, 3.05) is 4.90 Å². The van der Waals surface area contributed by atoms with Crippen LogP contribution in [0, 0.1) is 11.2 Å². The molecule has 0 aliphatic rings. The summed E-state index contributed by atoms with van der Waals surface area (Å²) in [6.07, 6.45) is 2.32. The molecule has 1 amide bonds. The molecule has 0 aliphatic carbocycles. The molecule has 0 aliphatic heterocycles. The molecular weight excluding hydrogens is 289 g/mol. The SMILES string of the molecule is CCCC(C)N(C(=O)CC(C)(C)C)c1ccc(F)c(Cl)c1. The largest absolute Gasteiger partial charge is 0.310 e. The maximum Gasteiger partial charge on any atom is 0.227 e. The summed E-state index contributed by atoms with van der Waals surface area (Å²) in [6.45, 7) is 10.2. The molecule has 21 heavy (non-hydrogen) atoms. The fourth-order valence-electron chi connectivity index (χ4n) is 2.36. The van der Waals surface area contributed by atoms with E-state index in [-0.39, 0.29) is 22.4 Å². The van der Waals surface area contributed by atoms with E-state index < -0.39 is 5.82 Å². The predicted molar refractivity (Wildman–Crippen MR) is 87.3 cm³/mol. The monoisotopic (exact) mass is 313 g/mol. The molecule has 0 fully saturated rings. The third-order valence-corrected chi connectivity index (χ3v) is 3.57. The summed E-state index contributed by atoms with van der Waals surface area (Å²) in [6, 6.07) is 4.52. The summed E-state index contributed by atoms with van der Waals surface area (Å²) >= 11 is 5.86. The molecule has 1 aromatic rings. The number of halogens is 2. The van der Waals surface area contributed by atoms with Gasteiger partial charge >= 0.3 is 0 Å². The number of nitrogens with zero attached hydrogens (tertiary/aromatic N) is 1. The van der Waals surface area contributed by atoms with Crippen molar-refractivity contribution < 1.29 is 9.18 Å². The smallest absolute Gasteiger partial charge is 0.227 e. The number of carbonyl (C=O) groups is 1. The van der Waals surface area contributed by atoms with Gasteiger partial charge in [-0.1, -0.05) is 45.7 Å². The molecule has 0 saturated carbocycles. The Morgan fingerprint density at radius 3 is 2.48 bits per heavy atom. The summed E-state index contributed by atoms with van der Waals surface area (Å²) in [5.74, 6) is -0.419. The van der Waals surface area contributed by atoms with Crippen LogP contribution in [0.2, 0.25) is 5.02 Å². The van der Waals surface area contributed by atoms with Gasteiger partial charge in [-0.3, -0.25) is 4.79 Å². The number of anilines is 1. The minimum atomic E-state index is -0.466. The molecule has 0 saturated heterocycles. The van der Waals surface area contributed by atoms with Crippen molar-refractivity contribution in [1.82, 2.24) is 0 Å². The number of amides is 1. The minimum Gasteiger partial charge on any atom is -0.310 e. The fourth-order valence-corrected chi connectivity index (χ4v) is 2.54. The van der Waals surface area contributed by atoms with Gasteiger partial charge < -0.3 is 4.90 Å². The summed E-state index contributed by atoms with van der Waals surface area (Å²) in [5, 5.41) is 0.0461. The zero-order valence-electron chi connectivity index (χ0n) is 13.5. The second kappa shape index (κ2) is 7.26. The van der Waals surface area contributed by atoms with Crippen molar-refractivity contribution in [3.05, 3.63) is 29.0 Å². The van der Waals surface area contributed by atoms with Gasteiger partial charge in [0.15, 0.2) is 0 Å². The van der Waals surface area contributed by atoms with E-state index in [0.717, 1.165) is 12.8 Å². The number of hydrogen-bond acceptors (Lipinski definition) is 1. The van der Waals surface area contributed by atoms with E-state index in [1.165, 1.54) is 12.1 Å². The molecule has 0 bridgehead atoms. The van der Waals surface area contributed by atoms with Gasteiger partial charge in [0.05, 0.1) is 5.02 Å². The first-order chi connectivity index (χ1) is 9.65. The average molecular weight is 314 g/mol. The molecular formula is C17H25ClFNO. The number of benzene rings is 1. The first-order valence-electron chi connectivity index (χ1n) is 7.43. The molecule has 0 heterocycles. The van der Waals surface area contributed by atoms with Gasteiger partial charge in [0.25, 0.3) is 0 Å². The van der Waals surface area contributed by atoms with Gasteiger partial charge in [0.1, 0.15) is 5.82 Å². The molecule has 0 aromatic heterocycles. The molecule has 0 spiro atoms. The Hall–Kier alpha value is -1.09. The molecule has 0 radical (unpaired) electrons. The normalized spacial score (nSPS) is 13.1. The van der Waals surface area contributed by atoms with Crippen molar-refractivity contribution in [1.29, 1.82) is 0 Å². The van der Waals surface area contributed by atoms with E-state index in [1.54, 1.807) is 11.0 Å². The molecule has 1 unspecified atom stereocenters. The maximum atomic E-state index is 13.3. The second-order valence-electron chi connectivity index (χ2n) is 6.74. The Bertz CT molecular complexity index is 496. The highest BCUT2D eigenvalue weighted by atomic mass is 35.5. The second-order valence-corrected chi connectivity index (χ2v) is 7.14. The number of rotatable bonds is 5. The van der Waals surface area contributed by atoms with E-state index in [2.05, 4.69) is 6.92 Å². The molecule has 118 valence electrons. The van der Waals surface area contributed by atoms with Crippen LogP contribution in [0.1, 0.15) is 53.9 Å². The summed E-state index contributed by atoms with van der Waals surface area (Å²) in [7, 11) is 0. The average Bonchev–Trinajstić information content (AvgIpc) is 2.32. The van der Waals surface area contributed by atoms with Gasteiger partial charge in [-0.15, -0.1) is 0 Å². The van der Waals surface area contributed by atoms with Crippen molar-refractivity contribution in [3.8, 4) is 0 Å². The molecule has 1 aromatic carbocycles. The van der Waals surface area contributed by atoms with Gasteiger partial charge in [0.2, 0.25) is 5.91 Å². The first-order valence-corrected chi connectivity index (χ1v) is 7.80. The molecule has 1 atom stereocenters. The van der Waals surface area contributed by atoms with Crippen LogP contribution in [0.5, 0.6) is 0 Å². The Morgan fingerprint density at radius 2 is 2.00 bits per heavy atom. The fraction of sp³-hybridized carbons (Fsp3) is 0.588. The van der Waals surface area contributed by atoms with Crippen LogP contribution < -0.4 is 4.90 Å². The molecule has 0 N–H and O–H groups in total. The van der Waals surface area contributed by atoms with Crippen molar-refractivity contribution >= 4 is 23.2 Å². The number of hydrogen-bond donors (Lipinski definition) is 0. The predicted octanol–water partition coefficient (Wildman–Crippen LogP) is 5.44. The van der Waals surface area contributed by atoms with Crippen LogP contribution in [0.3, 0.4) is 0 Å². The van der Waals surface area contributed by atoms with Crippen molar-refractivity contribution in [2.45, 2.75) is 59.9 Å². The highest BCUT2D eigenvalue weighted by Gasteiger charge is 2.26. The third kappa shape index (κ3) is 5.31. The molecule has 4 heteroatoms. The van der Waals surface area contributed by atoms with Gasteiger partial charge in [-0.25, -0.2) is 4.39 Å².